The molecule has 4 rings (SSSR count). The number of amides is 1. The van der Waals surface area contributed by atoms with Gasteiger partial charge in [0.1, 0.15) is 0 Å². The Balaban J connectivity index is 1.60. The number of thioether (sulfide) groups is 1. The molecule has 0 saturated carbocycles. The van der Waals surface area contributed by atoms with Crippen LogP contribution in [0.3, 0.4) is 0 Å². The summed E-state index contributed by atoms with van der Waals surface area (Å²) in [5.74, 6) is 0.851. The molecule has 0 saturated heterocycles. The summed E-state index contributed by atoms with van der Waals surface area (Å²) >= 11 is 29.4. The second-order valence-corrected chi connectivity index (χ2v) is 10.6. The average molecular weight is 617 g/mol. The molecule has 0 aliphatic heterocycles. The zero-order valence-electron chi connectivity index (χ0n) is 17.2. The first-order chi connectivity index (χ1) is 16.3. The lowest BCUT2D eigenvalue weighted by molar-refractivity contribution is 0.0950. The van der Waals surface area contributed by atoms with Crippen LogP contribution in [0.25, 0.3) is 5.69 Å². The van der Waals surface area contributed by atoms with E-state index < -0.39 is 0 Å². The van der Waals surface area contributed by atoms with E-state index in [2.05, 4.69) is 31.4 Å². The van der Waals surface area contributed by atoms with Crippen molar-refractivity contribution in [3.63, 3.8) is 0 Å². The number of nitrogens with zero attached hydrogens (tertiary/aromatic N) is 3. The number of benzene rings is 3. The van der Waals surface area contributed by atoms with Crippen molar-refractivity contribution in [2.24, 2.45) is 0 Å². The fourth-order valence-electron chi connectivity index (χ4n) is 3.05. The Morgan fingerprint density at radius 1 is 0.912 bits per heavy atom. The van der Waals surface area contributed by atoms with E-state index in [4.69, 9.17) is 46.4 Å². The van der Waals surface area contributed by atoms with Crippen molar-refractivity contribution < 1.29 is 4.79 Å². The zero-order valence-corrected chi connectivity index (χ0v) is 22.7. The van der Waals surface area contributed by atoms with Crippen LogP contribution in [0.1, 0.15) is 21.7 Å². The summed E-state index contributed by atoms with van der Waals surface area (Å²) in [6.07, 6.45) is 0. The second kappa shape index (κ2) is 11.3. The maximum Gasteiger partial charge on any atom is 0.253 e. The number of halogens is 5. The molecule has 11 heteroatoms. The van der Waals surface area contributed by atoms with Gasteiger partial charge in [0.15, 0.2) is 11.0 Å². The van der Waals surface area contributed by atoms with Gasteiger partial charge < -0.3 is 5.32 Å². The first kappa shape index (κ1) is 25.4. The Kier molecular flexibility index (Phi) is 8.45. The molecule has 0 aliphatic carbocycles. The van der Waals surface area contributed by atoms with E-state index in [1.165, 1.54) is 17.8 Å². The molecule has 34 heavy (non-hydrogen) atoms. The minimum absolute atomic E-state index is 0.115. The highest BCUT2D eigenvalue weighted by atomic mass is 79.9. The third-order valence-electron chi connectivity index (χ3n) is 4.73. The second-order valence-electron chi connectivity index (χ2n) is 7.05. The predicted octanol–water partition coefficient (Wildman–Crippen LogP) is 7.87. The summed E-state index contributed by atoms with van der Waals surface area (Å²) in [4.78, 5) is 12.7. The summed E-state index contributed by atoms with van der Waals surface area (Å²) in [5.41, 5.74) is 2.17. The van der Waals surface area contributed by atoms with Crippen LogP contribution < -0.4 is 5.32 Å². The van der Waals surface area contributed by atoms with Crippen LogP contribution in [0.2, 0.25) is 20.1 Å². The van der Waals surface area contributed by atoms with E-state index in [1.54, 1.807) is 24.3 Å². The Bertz CT molecular complexity index is 1350. The molecule has 1 amide bonds. The standard InChI is InChI=1S/C23H15BrCl4N4OS/c24-14-3-1-13(2-4-14)12-34-23-31-30-21(32(23)16-6-8-18(26)20(28)10-16)11-29-22(33)17-7-5-15(25)9-19(17)27/h1-10H,11-12H2,(H,29,33). The van der Waals surface area contributed by atoms with Crippen LogP contribution in [-0.2, 0) is 12.3 Å². The molecule has 0 aliphatic rings. The number of aromatic nitrogens is 3. The molecule has 0 unspecified atom stereocenters. The fraction of sp³-hybridized carbons (Fsp3) is 0.0870. The minimum Gasteiger partial charge on any atom is -0.345 e. The topological polar surface area (TPSA) is 59.8 Å². The number of nitrogens with one attached hydrogen (secondary N) is 1. The number of carbonyl (C=O) groups excluding carboxylic acids is 1. The zero-order chi connectivity index (χ0) is 24.2. The maximum atomic E-state index is 12.7. The first-order valence-electron chi connectivity index (χ1n) is 9.82. The molecule has 4 aromatic rings. The molecule has 1 aromatic heterocycles. The summed E-state index contributed by atoms with van der Waals surface area (Å²) in [6.45, 7) is 0.115. The normalized spacial score (nSPS) is 11.0. The molecule has 1 heterocycles. The van der Waals surface area contributed by atoms with E-state index in [0.717, 1.165) is 15.7 Å². The van der Waals surface area contributed by atoms with Gasteiger partial charge in [-0.1, -0.05) is 86.2 Å². The molecular weight excluding hydrogens is 602 g/mol. The highest BCUT2D eigenvalue weighted by Crippen LogP contribution is 2.30. The molecule has 0 atom stereocenters. The summed E-state index contributed by atoms with van der Waals surface area (Å²) in [7, 11) is 0. The SMILES string of the molecule is O=C(NCc1nnc(SCc2ccc(Br)cc2)n1-c1ccc(Cl)c(Cl)c1)c1ccc(Cl)cc1Cl. The molecular formula is C23H15BrCl4N4OS. The van der Waals surface area contributed by atoms with Gasteiger partial charge in [0.05, 0.1) is 32.9 Å². The largest absolute Gasteiger partial charge is 0.345 e. The molecule has 1 N–H and O–H groups in total. The predicted molar refractivity (Wildman–Crippen MR) is 143 cm³/mol. The van der Waals surface area contributed by atoms with Crippen molar-refractivity contribution in [1.29, 1.82) is 0 Å². The lowest BCUT2D eigenvalue weighted by atomic mass is 10.2. The van der Waals surface area contributed by atoms with Gasteiger partial charge in [0, 0.05) is 15.2 Å². The number of carbonyl (C=O) groups is 1. The Labute approximate surface area is 228 Å². The van der Waals surface area contributed by atoms with Crippen LogP contribution in [0, 0.1) is 0 Å². The lowest BCUT2D eigenvalue weighted by Gasteiger charge is -2.12. The highest BCUT2D eigenvalue weighted by Gasteiger charge is 2.18. The number of rotatable bonds is 7. The van der Waals surface area contributed by atoms with Crippen molar-refractivity contribution >= 4 is 80.0 Å². The van der Waals surface area contributed by atoms with Gasteiger partial charge >= 0.3 is 0 Å². The minimum atomic E-state index is -0.352. The smallest absolute Gasteiger partial charge is 0.253 e. The first-order valence-corrected chi connectivity index (χ1v) is 13.1. The number of hydrogen-bond acceptors (Lipinski definition) is 4. The maximum absolute atomic E-state index is 12.7. The Morgan fingerprint density at radius 2 is 1.68 bits per heavy atom. The van der Waals surface area contributed by atoms with E-state index in [1.807, 2.05) is 34.9 Å². The summed E-state index contributed by atoms with van der Waals surface area (Å²) in [6, 6.07) is 18.0. The Morgan fingerprint density at radius 3 is 2.38 bits per heavy atom. The quantitative estimate of drug-likeness (QED) is 0.215. The molecule has 5 nitrogen and oxygen atoms in total. The van der Waals surface area contributed by atoms with Crippen molar-refractivity contribution in [3.8, 4) is 5.69 Å². The third kappa shape index (κ3) is 6.08. The molecule has 3 aromatic carbocycles. The molecule has 0 radical (unpaired) electrons. The van der Waals surface area contributed by atoms with E-state index in [0.29, 0.717) is 37.4 Å². The third-order valence-corrected chi connectivity index (χ3v) is 7.54. The van der Waals surface area contributed by atoms with Gasteiger partial charge in [0.25, 0.3) is 5.91 Å². The molecule has 0 bridgehead atoms. The monoisotopic (exact) mass is 614 g/mol. The van der Waals surface area contributed by atoms with Crippen LogP contribution in [-0.4, -0.2) is 20.7 Å². The van der Waals surface area contributed by atoms with E-state index >= 15 is 0 Å². The molecule has 0 spiro atoms. The van der Waals surface area contributed by atoms with Crippen LogP contribution in [0.15, 0.2) is 70.3 Å². The highest BCUT2D eigenvalue weighted by molar-refractivity contribution is 9.10. The van der Waals surface area contributed by atoms with Gasteiger partial charge in [-0.2, -0.15) is 0 Å². The van der Waals surface area contributed by atoms with E-state index in [-0.39, 0.29) is 17.5 Å². The van der Waals surface area contributed by atoms with E-state index in [9.17, 15) is 4.79 Å². The van der Waals surface area contributed by atoms with Crippen LogP contribution >= 0.6 is 74.1 Å². The van der Waals surface area contributed by atoms with Gasteiger partial charge in [-0.25, -0.2) is 0 Å². The fourth-order valence-corrected chi connectivity index (χ4v) is 5.03. The number of hydrogen-bond donors (Lipinski definition) is 1. The van der Waals surface area contributed by atoms with Gasteiger partial charge in [-0.3, -0.25) is 9.36 Å². The molecule has 174 valence electrons. The average Bonchev–Trinajstić information content (AvgIpc) is 3.21. The van der Waals surface area contributed by atoms with Crippen molar-refractivity contribution in [2.75, 3.05) is 0 Å². The summed E-state index contributed by atoms with van der Waals surface area (Å²) < 4.78 is 2.86. The van der Waals surface area contributed by atoms with Crippen molar-refractivity contribution in [3.05, 3.63) is 102 Å². The summed E-state index contributed by atoms with van der Waals surface area (Å²) in [5, 5.41) is 13.7. The van der Waals surface area contributed by atoms with Crippen LogP contribution in [0.5, 0.6) is 0 Å². The van der Waals surface area contributed by atoms with Crippen molar-refractivity contribution in [2.45, 2.75) is 17.5 Å². The van der Waals surface area contributed by atoms with Crippen LogP contribution in [0.4, 0.5) is 0 Å². The van der Waals surface area contributed by atoms with Gasteiger partial charge in [0.2, 0.25) is 0 Å². The lowest BCUT2D eigenvalue weighted by Crippen LogP contribution is -2.25. The van der Waals surface area contributed by atoms with Crippen molar-refractivity contribution in [1.82, 2.24) is 20.1 Å². The molecule has 0 fully saturated rings. The Hall–Kier alpha value is -1.74. The van der Waals surface area contributed by atoms with Gasteiger partial charge in [-0.05, 0) is 54.1 Å². The van der Waals surface area contributed by atoms with Gasteiger partial charge in [-0.15, -0.1) is 10.2 Å².